The van der Waals surface area contributed by atoms with Crippen molar-refractivity contribution in [2.45, 2.75) is 44.8 Å². The Morgan fingerprint density at radius 3 is 2.33 bits per heavy atom. The summed E-state index contributed by atoms with van der Waals surface area (Å²) in [4.78, 5) is 29.6. The van der Waals surface area contributed by atoms with Gasteiger partial charge >= 0.3 is 5.97 Å². The topological polar surface area (TPSA) is 81.9 Å². The average molecular weight is 604 g/mol. The maximum Gasteiger partial charge on any atom is 0.339 e. The van der Waals surface area contributed by atoms with Crippen LogP contribution in [0, 0.1) is 0 Å². The molecular weight excluding hydrogens is 571 g/mol. The van der Waals surface area contributed by atoms with E-state index in [0.29, 0.717) is 57.1 Å². The molecule has 1 aromatic heterocycles. The second-order valence-corrected chi connectivity index (χ2v) is 11.6. The van der Waals surface area contributed by atoms with Gasteiger partial charge in [0.2, 0.25) is 0 Å². The monoisotopic (exact) mass is 603 g/mol. The zero-order valence-corrected chi connectivity index (χ0v) is 24.2. The van der Waals surface area contributed by atoms with Crippen LogP contribution < -0.4 is 9.80 Å². The summed E-state index contributed by atoms with van der Waals surface area (Å²) in [5.74, 6) is -1.92. The summed E-state index contributed by atoms with van der Waals surface area (Å²) in [5, 5.41) is 14.0. The third-order valence-electron chi connectivity index (χ3n) is 7.93. The molecule has 2 aliphatic rings. The minimum absolute atomic E-state index is 0.366. The Morgan fingerprint density at radius 2 is 1.71 bits per heavy atom. The molecule has 2 aromatic carbocycles. The first kappa shape index (κ1) is 29.8. The molecular formula is C30H33ClF3N5O3. The molecule has 0 saturated carbocycles. The van der Waals surface area contributed by atoms with Crippen molar-refractivity contribution >= 4 is 34.9 Å². The van der Waals surface area contributed by atoms with Crippen LogP contribution in [0.25, 0.3) is 11.1 Å². The van der Waals surface area contributed by atoms with Gasteiger partial charge in [-0.3, -0.25) is 9.48 Å². The summed E-state index contributed by atoms with van der Waals surface area (Å²) in [6.45, 7) is 5.69. The Kier molecular flexibility index (Phi) is 8.41. The fourth-order valence-corrected chi connectivity index (χ4v) is 5.99. The zero-order chi connectivity index (χ0) is 30.2. The highest BCUT2D eigenvalue weighted by Crippen LogP contribution is 2.38. The number of alkyl halides is 3. The van der Waals surface area contributed by atoms with Gasteiger partial charge in [-0.1, -0.05) is 29.8 Å². The van der Waals surface area contributed by atoms with Gasteiger partial charge in [-0.25, -0.2) is 18.0 Å². The van der Waals surface area contributed by atoms with Gasteiger partial charge in [0.05, 0.1) is 12.2 Å². The summed E-state index contributed by atoms with van der Waals surface area (Å²) in [5.41, 5.74) is 0.768. The molecule has 12 heteroatoms. The summed E-state index contributed by atoms with van der Waals surface area (Å²) >= 11 is 6.40. The number of nitrogens with zero attached hydrogens (tertiary/aromatic N) is 5. The van der Waals surface area contributed by atoms with Crippen LogP contribution in [0.3, 0.4) is 0 Å². The van der Waals surface area contributed by atoms with Crippen molar-refractivity contribution in [3.8, 4) is 11.1 Å². The molecule has 0 bridgehead atoms. The summed E-state index contributed by atoms with van der Waals surface area (Å²) in [7, 11) is 0. The molecule has 5 rings (SSSR count). The molecule has 1 amide bonds. The Hall–Kier alpha value is -3.73. The van der Waals surface area contributed by atoms with Crippen LogP contribution >= 0.6 is 11.6 Å². The van der Waals surface area contributed by atoms with Crippen molar-refractivity contribution < 1.29 is 27.9 Å². The number of carboxylic acid groups (broad SMARTS) is 1. The van der Waals surface area contributed by atoms with Gasteiger partial charge in [0.1, 0.15) is 11.3 Å². The first-order valence-corrected chi connectivity index (χ1v) is 14.3. The highest BCUT2D eigenvalue weighted by atomic mass is 35.5. The second kappa shape index (κ2) is 11.9. The highest BCUT2D eigenvalue weighted by molar-refractivity contribution is 6.31. The summed E-state index contributed by atoms with van der Waals surface area (Å²) in [6.07, 6.45) is -0.680. The molecule has 2 saturated heterocycles. The van der Waals surface area contributed by atoms with Crippen molar-refractivity contribution in [1.29, 1.82) is 0 Å². The molecule has 3 aromatic rings. The van der Waals surface area contributed by atoms with Gasteiger partial charge in [0.15, 0.2) is 5.67 Å². The Balaban J connectivity index is 1.35. The summed E-state index contributed by atoms with van der Waals surface area (Å²) < 4.78 is 43.0. The standard InChI is InChI=1S/C30H33ClF3N5O3/c1-30(2,34)29(42)37-14-12-36(13-15-37)21-8-5-19(6-9-21)23-10-7-20(31)16-25(23)38-11-3-4-22(18-38)39-26(27(32)33)24(17-35-39)28(40)41/h5-10,16-17,22,27H,3-4,11-15,18H2,1-2H3,(H,40,41). The van der Waals surface area contributed by atoms with Crippen molar-refractivity contribution in [3.05, 3.63) is 64.9 Å². The number of piperidine rings is 1. The molecule has 0 spiro atoms. The van der Waals surface area contributed by atoms with Crippen LogP contribution in [0.1, 0.15) is 55.2 Å². The molecule has 8 nitrogen and oxygen atoms in total. The van der Waals surface area contributed by atoms with Gasteiger partial charge in [0.25, 0.3) is 12.3 Å². The van der Waals surface area contributed by atoms with E-state index in [0.717, 1.165) is 28.7 Å². The predicted octanol–water partition coefficient (Wildman–Crippen LogP) is 6.08. The molecule has 3 heterocycles. The number of piperazine rings is 1. The van der Waals surface area contributed by atoms with Gasteiger partial charge in [-0.15, -0.1) is 0 Å². The lowest BCUT2D eigenvalue weighted by atomic mass is 9.99. The lowest BCUT2D eigenvalue weighted by Crippen LogP contribution is -2.53. The van der Waals surface area contributed by atoms with Crippen LogP contribution in [-0.4, -0.2) is 76.6 Å². The molecule has 2 fully saturated rings. The minimum Gasteiger partial charge on any atom is -0.478 e. The number of aromatic nitrogens is 2. The van der Waals surface area contributed by atoms with Crippen LogP contribution in [0.2, 0.25) is 5.02 Å². The van der Waals surface area contributed by atoms with Gasteiger partial charge in [-0.2, -0.15) is 5.10 Å². The number of carbonyl (C=O) groups is 2. The first-order valence-electron chi connectivity index (χ1n) is 13.9. The SMILES string of the molecule is CC(C)(F)C(=O)N1CCN(c2ccc(-c3ccc(Cl)cc3N3CCCC(n4ncc(C(=O)O)c4C(F)F)C3)cc2)CC1. The van der Waals surface area contributed by atoms with Crippen LogP contribution in [0.15, 0.2) is 48.7 Å². The maximum absolute atomic E-state index is 14.1. The minimum atomic E-state index is -2.96. The zero-order valence-electron chi connectivity index (χ0n) is 23.4. The number of halogens is 4. The number of hydrogen-bond acceptors (Lipinski definition) is 5. The van der Waals surface area contributed by atoms with E-state index in [9.17, 15) is 27.9 Å². The molecule has 224 valence electrons. The van der Waals surface area contributed by atoms with Crippen LogP contribution in [0.4, 0.5) is 24.5 Å². The fraction of sp³-hybridized carbons (Fsp3) is 0.433. The Morgan fingerprint density at radius 1 is 1.02 bits per heavy atom. The van der Waals surface area contributed by atoms with E-state index in [4.69, 9.17) is 11.6 Å². The largest absolute Gasteiger partial charge is 0.478 e. The van der Waals surface area contributed by atoms with E-state index in [-0.39, 0.29) is 0 Å². The number of amides is 1. The van der Waals surface area contributed by atoms with Gasteiger partial charge in [0, 0.05) is 61.2 Å². The average Bonchev–Trinajstić information content (AvgIpc) is 3.43. The van der Waals surface area contributed by atoms with Crippen molar-refractivity contribution in [2.24, 2.45) is 0 Å². The van der Waals surface area contributed by atoms with E-state index in [1.807, 2.05) is 36.4 Å². The summed E-state index contributed by atoms with van der Waals surface area (Å²) in [6, 6.07) is 13.2. The molecule has 42 heavy (non-hydrogen) atoms. The molecule has 2 aliphatic heterocycles. The maximum atomic E-state index is 14.1. The van der Waals surface area contributed by atoms with E-state index < -0.39 is 41.3 Å². The smallest absolute Gasteiger partial charge is 0.339 e. The molecule has 1 N–H and O–H groups in total. The third kappa shape index (κ3) is 6.06. The Labute approximate surface area is 247 Å². The highest BCUT2D eigenvalue weighted by Gasteiger charge is 2.34. The van der Waals surface area contributed by atoms with Crippen LogP contribution in [0.5, 0.6) is 0 Å². The third-order valence-corrected chi connectivity index (χ3v) is 8.17. The number of benzene rings is 2. The molecule has 0 aliphatic carbocycles. The van der Waals surface area contributed by atoms with Crippen molar-refractivity contribution in [1.82, 2.24) is 14.7 Å². The number of anilines is 2. The number of hydrogen-bond donors (Lipinski definition) is 1. The van der Waals surface area contributed by atoms with Gasteiger partial charge in [-0.05, 0) is 56.5 Å². The van der Waals surface area contributed by atoms with E-state index in [2.05, 4.69) is 14.9 Å². The normalized spacial score (nSPS) is 18.1. The lowest BCUT2D eigenvalue weighted by Gasteiger charge is -2.38. The number of carboxylic acids is 1. The molecule has 0 radical (unpaired) electrons. The number of aromatic carboxylic acids is 1. The van der Waals surface area contributed by atoms with E-state index in [1.165, 1.54) is 18.5 Å². The Bertz CT molecular complexity index is 1450. The second-order valence-electron chi connectivity index (χ2n) is 11.2. The number of rotatable bonds is 7. The van der Waals surface area contributed by atoms with Crippen molar-refractivity contribution in [3.63, 3.8) is 0 Å². The van der Waals surface area contributed by atoms with Gasteiger partial charge < -0.3 is 19.8 Å². The fourth-order valence-electron chi connectivity index (χ4n) is 5.82. The lowest BCUT2D eigenvalue weighted by molar-refractivity contribution is -0.142. The number of carbonyl (C=O) groups excluding carboxylic acids is 1. The quantitative estimate of drug-likeness (QED) is 0.353. The predicted molar refractivity (Wildman–Crippen MR) is 155 cm³/mol. The molecule has 1 unspecified atom stereocenters. The van der Waals surface area contributed by atoms with Crippen LogP contribution in [-0.2, 0) is 4.79 Å². The van der Waals surface area contributed by atoms with E-state index in [1.54, 1.807) is 11.0 Å². The first-order chi connectivity index (χ1) is 19.9. The molecule has 1 atom stereocenters. The van der Waals surface area contributed by atoms with Crippen molar-refractivity contribution in [2.75, 3.05) is 49.1 Å². The van der Waals surface area contributed by atoms with E-state index >= 15 is 0 Å².